The fourth-order valence-electron chi connectivity index (χ4n) is 2.19. The Labute approximate surface area is 106 Å². The van der Waals surface area contributed by atoms with Crippen LogP contribution in [-0.2, 0) is 23.9 Å². The third-order valence-corrected chi connectivity index (χ3v) is 3.20. The second kappa shape index (κ2) is 6.37. The van der Waals surface area contributed by atoms with Crippen LogP contribution in [0.4, 0.5) is 0 Å². The molecule has 102 valence electrons. The van der Waals surface area contributed by atoms with Gasteiger partial charge in [0.1, 0.15) is 6.04 Å². The van der Waals surface area contributed by atoms with Gasteiger partial charge in [0, 0.05) is 18.9 Å². The largest absolute Gasteiger partial charge is 0.469 e. The lowest BCUT2D eigenvalue weighted by molar-refractivity contribution is -0.151. The number of likely N-dealkylation sites (tertiary alicyclic amines) is 1. The van der Waals surface area contributed by atoms with E-state index in [1.165, 1.54) is 19.1 Å². The van der Waals surface area contributed by atoms with Crippen LogP contribution in [0.25, 0.3) is 0 Å². The first-order valence-electron chi connectivity index (χ1n) is 5.97. The van der Waals surface area contributed by atoms with E-state index in [9.17, 15) is 14.4 Å². The predicted molar refractivity (Wildman–Crippen MR) is 62.6 cm³/mol. The summed E-state index contributed by atoms with van der Waals surface area (Å²) in [6, 6.07) is -0.696. The summed E-state index contributed by atoms with van der Waals surface area (Å²) >= 11 is 0. The number of esters is 2. The standard InChI is InChI=1S/C12H19NO5/c1-8(4-7-11(15)17-2)13-9(12(16)18-3)5-6-10(13)14/h8-9H,4-7H2,1-3H3. The third kappa shape index (κ3) is 3.21. The quantitative estimate of drug-likeness (QED) is 0.670. The molecule has 6 nitrogen and oxygen atoms in total. The second-order valence-corrected chi connectivity index (χ2v) is 4.34. The molecule has 0 bridgehead atoms. The van der Waals surface area contributed by atoms with Crippen molar-refractivity contribution in [1.82, 2.24) is 4.90 Å². The van der Waals surface area contributed by atoms with E-state index in [1.54, 1.807) is 0 Å². The first kappa shape index (κ1) is 14.5. The molecule has 0 aliphatic carbocycles. The maximum absolute atomic E-state index is 11.8. The highest BCUT2D eigenvalue weighted by Crippen LogP contribution is 2.24. The van der Waals surface area contributed by atoms with Crippen molar-refractivity contribution in [2.24, 2.45) is 0 Å². The molecule has 0 spiro atoms. The Kier molecular flexibility index (Phi) is 5.12. The summed E-state index contributed by atoms with van der Waals surface area (Å²) in [5, 5.41) is 0. The molecular formula is C12H19NO5. The smallest absolute Gasteiger partial charge is 0.328 e. The minimum absolute atomic E-state index is 0.0669. The monoisotopic (exact) mass is 257 g/mol. The molecule has 0 saturated carbocycles. The first-order chi connectivity index (χ1) is 8.51. The van der Waals surface area contributed by atoms with Gasteiger partial charge >= 0.3 is 11.9 Å². The fraction of sp³-hybridized carbons (Fsp3) is 0.750. The molecule has 1 heterocycles. The van der Waals surface area contributed by atoms with E-state index in [0.29, 0.717) is 19.3 Å². The Hall–Kier alpha value is -1.59. The van der Waals surface area contributed by atoms with Gasteiger partial charge in [0.05, 0.1) is 14.2 Å². The molecular weight excluding hydrogens is 238 g/mol. The topological polar surface area (TPSA) is 72.9 Å². The number of hydrogen-bond acceptors (Lipinski definition) is 5. The van der Waals surface area contributed by atoms with Gasteiger partial charge in [-0.1, -0.05) is 0 Å². The predicted octanol–water partition coefficient (Wildman–Crippen LogP) is 0.492. The van der Waals surface area contributed by atoms with Crippen LogP contribution in [0.3, 0.4) is 0 Å². The molecule has 1 fully saturated rings. The highest BCUT2D eigenvalue weighted by Gasteiger charge is 2.39. The van der Waals surface area contributed by atoms with Crippen molar-refractivity contribution in [2.75, 3.05) is 14.2 Å². The highest BCUT2D eigenvalue weighted by molar-refractivity contribution is 5.88. The number of methoxy groups -OCH3 is 2. The molecule has 18 heavy (non-hydrogen) atoms. The van der Waals surface area contributed by atoms with Crippen molar-refractivity contribution in [1.29, 1.82) is 0 Å². The van der Waals surface area contributed by atoms with Crippen molar-refractivity contribution in [3.63, 3.8) is 0 Å². The molecule has 0 aromatic rings. The van der Waals surface area contributed by atoms with E-state index < -0.39 is 12.0 Å². The molecule has 1 rings (SSSR count). The lowest BCUT2D eigenvalue weighted by atomic mass is 10.1. The number of amides is 1. The molecule has 6 heteroatoms. The molecule has 0 radical (unpaired) electrons. The molecule has 1 saturated heterocycles. The number of rotatable bonds is 5. The van der Waals surface area contributed by atoms with E-state index in [-0.39, 0.29) is 24.3 Å². The zero-order valence-electron chi connectivity index (χ0n) is 11.0. The van der Waals surface area contributed by atoms with Crippen LogP contribution in [0, 0.1) is 0 Å². The summed E-state index contributed by atoms with van der Waals surface area (Å²) in [5.41, 5.74) is 0. The Balaban J connectivity index is 2.62. The number of ether oxygens (including phenoxy) is 2. The van der Waals surface area contributed by atoms with Gasteiger partial charge in [-0.15, -0.1) is 0 Å². The lowest BCUT2D eigenvalue weighted by Gasteiger charge is -2.29. The average Bonchev–Trinajstić information content (AvgIpc) is 2.76. The van der Waals surface area contributed by atoms with E-state index in [0.717, 1.165) is 0 Å². The first-order valence-corrected chi connectivity index (χ1v) is 5.97. The van der Waals surface area contributed by atoms with E-state index >= 15 is 0 Å². The lowest BCUT2D eigenvalue weighted by Crippen LogP contribution is -2.44. The fourth-order valence-corrected chi connectivity index (χ4v) is 2.19. The zero-order valence-corrected chi connectivity index (χ0v) is 11.0. The zero-order chi connectivity index (χ0) is 13.7. The van der Waals surface area contributed by atoms with Gasteiger partial charge in [0.25, 0.3) is 0 Å². The van der Waals surface area contributed by atoms with Crippen LogP contribution in [0.15, 0.2) is 0 Å². The highest BCUT2D eigenvalue weighted by atomic mass is 16.5. The van der Waals surface area contributed by atoms with Gasteiger partial charge in [0.2, 0.25) is 5.91 Å². The Morgan fingerprint density at radius 1 is 1.39 bits per heavy atom. The van der Waals surface area contributed by atoms with Crippen molar-refractivity contribution in [2.45, 2.75) is 44.7 Å². The van der Waals surface area contributed by atoms with E-state index in [2.05, 4.69) is 9.47 Å². The molecule has 2 atom stereocenters. The van der Waals surface area contributed by atoms with Crippen LogP contribution in [-0.4, -0.2) is 49.0 Å². The summed E-state index contributed by atoms with van der Waals surface area (Å²) in [5.74, 6) is -0.781. The van der Waals surface area contributed by atoms with Gasteiger partial charge < -0.3 is 14.4 Å². The number of hydrogen-bond donors (Lipinski definition) is 0. The Morgan fingerprint density at radius 2 is 2.06 bits per heavy atom. The molecule has 0 N–H and O–H groups in total. The SMILES string of the molecule is COC(=O)CCC(C)N1C(=O)CCC1C(=O)OC. The summed E-state index contributed by atoms with van der Waals surface area (Å²) in [7, 11) is 2.63. The van der Waals surface area contributed by atoms with Crippen LogP contribution in [0.5, 0.6) is 0 Å². The molecule has 1 amide bonds. The third-order valence-electron chi connectivity index (χ3n) is 3.20. The van der Waals surface area contributed by atoms with Gasteiger partial charge in [-0.25, -0.2) is 4.79 Å². The molecule has 2 unspecified atom stereocenters. The van der Waals surface area contributed by atoms with Crippen LogP contribution in [0.1, 0.15) is 32.6 Å². The van der Waals surface area contributed by atoms with Crippen LogP contribution < -0.4 is 0 Å². The van der Waals surface area contributed by atoms with E-state index in [4.69, 9.17) is 0 Å². The van der Waals surface area contributed by atoms with Crippen LogP contribution in [0.2, 0.25) is 0 Å². The number of nitrogens with zero attached hydrogens (tertiary/aromatic N) is 1. The van der Waals surface area contributed by atoms with Crippen molar-refractivity contribution < 1.29 is 23.9 Å². The average molecular weight is 257 g/mol. The maximum atomic E-state index is 11.8. The summed E-state index contributed by atoms with van der Waals surface area (Å²) in [4.78, 5) is 35.9. The minimum atomic E-state index is -0.518. The summed E-state index contributed by atoms with van der Waals surface area (Å²) in [6.45, 7) is 1.82. The van der Waals surface area contributed by atoms with Gasteiger partial charge in [-0.2, -0.15) is 0 Å². The number of carbonyl (C=O) groups is 3. The Morgan fingerprint density at radius 3 is 2.61 bits per heavy atom. The van der Waals surface area contributed by atoms with Gasteiger partial charge in [0.15, 0.2) is 0 Å². The van der Waals surface area contributed by atoms with Crippen molar-refractivity contribution in [3.8, 4) is 0 Å². The van der Waals surface area contributed by atoms with Crippen LogP contribution >= 0.6 is 0 Å². The summed E-state index contributed by atoms with van der Waals surface area (Å²) in [6.07, 6.45) is 1.54. The summed E-state index contributed by atoms with van der Waals surface area (Å²) < 4.78 is 9.24. The van der Waals surface area contributed by atoms with Crippen molar-refractivity contribution >= 4 is 17.8 Å². The Bertz CT molecular complexity index is 341. The minimum Gasteiger partial charge on any atom is -0.469 e. The normalized spacial score (nSPS) is 20.7. The van der Waals surface area contributed by atoms with Gasteiger partial charge in [-0.05, 0) is 19.8 Å². The molecule has 0 aromatic heterocycles. The molecule has 1 aliphatic rings. The number of carbonyl (C=O) groups excluding carboxylic acids is 3. The second-order valence-electron chi connectivity index (χ2n) is 4.34. The van der Waals surface area contributed by atoms with Crippen molar-refractivity contribution in [3.05, 3.63) is 0 Å². The van der Waals surface area contributed by atoms with E-state index in [1.807, 2.05) is 6.92 Å². The molecule has 0 aromatic carbocycles. The maximum Gasteiger partial charge on any atom is 0.328 e. The van der Waals surface area contributed by atoms with Gasteiger partial charge in [-0.3, -0.25) is 9.59 Å². The molecule has 1 aliphatic heterocycles.